The smallest absolute Gasteiger partial charge is 0.467 e. The van der Waals surface area contributed by atoms with E-state index in [1.807, 2.05) is 48.5 Å². The molecule has 2 heterocycles. The van der Waals surface area contributed by atoms with E-state index in [1.165, 1.54) is 6.92 Å². The number of halogens is 3. The number of esters is 3. The first kappa shape index (κ1) is 55.4. The lowest BCUT2D eigenvalue weighted by Crippen LogP contribution is -2.67. The number of nitrogens with zero attached hydrogens (tertiary/aromatic N) is 3. The molecule has 4 aromatic rings. The molecule has 392 valence electrons. The van der Waals surface area contributed by atoms with Crippen LogP contribution in [-0.2, 0) is 84.5 Å². The number of rotatable bonds is 20. The van der Waals surface area contributed by atoms with Gasteiger partial charge in [0, 0.05) is 24.2 Å². The van der Waals surface area contributed by atoms with Crippen molar-refractivity contribution in [3.8, 4) is 11.1 Å². The molecule has 7 rings (SSSR count). The summed E-state index contributed by atoms with van der Waals surface area (Å²) in [4.78, 5) is 69.5. The number of hydrogen-bond acceptors (Lipinski definition) is 18. The molecule has 1 N–H and O–H groups in total. The number of fused-ring (bicyclic) bond motifs is 3. The second-order valence-electron chi connectivity index (χ2n) is 17.1. The lowest BCUT2D eigenvalue weighted by Gasteiger charge is -2.48. The zero-order chi connectivity index (χ0) is 52.9. The highest BCUT2D eigenvalue weighted by atomic mass is 35.6. The maximum absolute atomic E-state index is 14.1. The van der Waals surface area contributed by atoms with E-state index < -0.39 is 114 Å². The Balaban J connectivity index is 1.29. The maximum Gasteiger partial charge on any atom is 0.508 e. The minimum Gasteiger partial charge on any atom is -0.467 e. The first-order valence-electron chi connectivity index (χ1n) is 23.1. The summed E-state index contributed by atoms with van der Waals surface area (Å²) in [5.74, 6) is -4.54. The fraction of sp³-hybridized carbons (Fsp3) is 0.412. The summed E-state index contributed by atoms with van der Waals surface area (Å²) >= 11 is 18.0. The Labute approximate surface area is 439 Å². The molecule has 0 aromatic heterocycles. The molecule has 0 amide bonds. The van der Waals surface area contributed by atoms with Crippen molar-refractivity contribution in [3.05, 3.63) is 142 Å². The summed E-state index contributed by atoms with van der Waals surface area (Å²) in [6.45, 7) is 1.13. The quantitative estimate of drug-likeness (QED) is 0.0127. The van der Waals surface area contributed by atoms with Crippen LogP contribution < -0.4 is 0 Å². The predicted molar refractivity (Wildman–Crippen MR) is 263 cm³/mol. The van der Waals surface area contributed by atoms with Crippen molar-refractivity contribution in [2.45, 2.75) is 111 Å². The van der Waals surface area contributed by atoms with Crippen LogP contribution in [0.5, 0.6) is 0 Å². The Hall–Kier alpha value is -6.32. The number of nitrogens with one attached hydrogen (secondary N) is 1. The van der Waals surface area contributed by atoms with Gasteiger partial charge >= 0.3 is 24.1 Å². The molecule has 0 saturated carbocycles. The van der Waals surface area contributed by atoms with E-state index in [4.69, 9.17) is 92.3 Å². The van der Waals surface area contributed by atoms with Crippen LogP contribution in [0.2, 0.25) is 0 Å². The average molecular weight is 1080 g/mol. The molecule has 23 heteroatoms. The Morgan fingerprint density at radius 3 is 1.81 bits per heavy atom. The van der Waals surface area contributed by atoms with Gasteiger partial charge in [0.15, 0.2) is 24.6 Å². The monoisotopic (exact) mass is 1080 g/mol. The lowest BCUT2D eigenvalue weighted by molar-refractivity contribution is -0.346. The van der Waals surface area contributed by atoms with E-state index in [9.17, 15) is 29.5 Å². The molecular weight excluding hydrogens is 1030 g/mol. The highest BCUT2D eigenvalue weighted by Gasteiger charge is 2.58. The minimum absolute atomic E-state index is 0.192. The summed E-state index contributed by atoms with van der Waals surface area (Å²) in [7, 11) is 1.05. The Morgan fingerprint density at radius 2 is 1.26 bits per heavy atom. The van der Waals surface area contributed by atoms with Crippen LogP contribution in [0.3, 0.4) is 0 Å². The topological polar surface area (TPSA) is 259 Å². The number of azide groups is 1. The number of hydrogen-bond donors (Lipinski definition) is 1. The number of benzene rings is 4. The van der Waals surface area contributed by atoms with Crippen LogP contribution in [0.1, 0.15) is 54.9 Å². The van der Waals surface area contributed by atoms with E-state index >= 15 is 0 Å². The van der Waals surface area contributed by atoms with Crippen molar-refractivity contribution in [1.29, 1.82) is 5.41 Å². The molecule has 2 fully saturated rings. The van der Waals surface area contributed by atoms with Crippen LogP contribution in [0.15, 0.2) is 114 Å². The van der Waals surface area contributed by atoms with Crippen molar-refractivity contribution in [3.63, 3.8) is 0 Å². The number of ether oxygens (including phenoxy) is 11. The fourth-order valence-corrected chi connectivity index (χ4v) is 8.76. The van der Waals surface area contributed by atoms with Gasteiger partial charge in [-0.1, -0.05) is 149 Å². The zero-order valence-corrected chi connectivity index (χ0v) is 42.3. The molecule has 0 radical (unpaired) electrons. The van der Waals surface area contributed by atoms with Crippen LogP contribution in [0, 0.1) is 5.41 Å². The second-order valence-corrected chi connectivity index (χ2v) is 19.4. The maximum atomic E-state index is 14.1. The molecule has 0 spiro atoms. The largest absolute Gasteiger partial charge is 0.508 e. The molecule has 1 aliphatic carbocycles. The molecule has 20 nitrogen and oxygen atoms in total. The van der Waals surface area contributed by atoms with Crippen molar-refractivity contribution in [1.82, 2.24) is 0 Å². The van der Waals surface area contributed by atoms with Crippen LogP contribution in [-0.4, -0.2) is 121 Å². The van der Waals surface area contributed by atoms with E-state index in [-0.39, 0.29) is 32.0 Å². The van der Waals surface area contributed by atoms with Crippen LogP contribution in [0.4, 0.5) is 4.79 Å². The first-order valence-corrected chi connectivity index (χ1v) is 24.2. The van der Waals surface area contributed by atoms with Crippen LogP contribution >= 0.6 is 34.8 Å². The lowest BCUT2D eigenvalue weighted by atomic mass is 9.95. The van der Waals surface area contributed by atoms with E-state index in [1.54, 1.807) is 60.7 Å². The van der Waals surface area contributed by atoms with Gasteiger partial charge in [-0.3, -0.25) is 15.0 Å². The summed E-state index contributed by atoms with van der Waals surface area (Å²) in [6.07, 6.45) is -17.5. The average Bonchev–Trinajstić information content (AvgIpc) is 3.71. The number of ketones is 1. The van der Waals surface area contributed by atoms with Gasteiger partial charge in [0.25, 0.3) is 3.79 Å². The molecule has 3 aliphatic rings. The zero-order valence-electron chi connectivity index (χ0n) is 40.0. The molecule has 0 bridgehead atoms. The molecule has 4 aromatic carbocycles. The van der Waals surface area contributed by atoms with Crippen LogP contribution in [0.25, 0.3) is 21.6 Å². The van der Waals surface area contributed by atoms with Crippen molar-refractivity contribution in [2.24, 2.45) is 5.11 Å². The SMILES string of the molecule is COC(=O)[C@H]1O[C@@H](O[C@H]2[C@H](OCc3ccccc3)[C@@H](N=[N+]=[N-])C(OC(=N)C(Cl)(Cl)Cl)O[C@@H]2COC(C)=O)[C@H](OC(=O)CCC(C)=O)[C@@H](OCc2ccccc2)[C@@H]1OC(=O)OCC1c2ccccc2-c2ccccc21. The van der Waals surface area contributed by atoms with Gasteiger partial charge in [-0.15, -0.1) is 0 Å². The van der Waals surface area contributed by atoms with Crippen molar-refractivity contribution < 1.29 is 76.1 Å². The third kappa shape index (κ3) is 14.1. The van der Waals surface area contributed by atoms with E-state index in [2.05, 4.69) is 10.0 Å². The highest BCUT2D eigenvalue weighted by molar-refractivity contribution is 6.76. The van der Waals surface area contributed by atoms with Gasteiger partial charge in [-0.2, -0.15) is 0 Å². The van der Waals surface area contributed by atoms with Crippen molar-refractivity contribution in [2.75, 3.05) is 20.3 Å². The number of carbonyl (C=O) groups is 5. The minimum atomic E-state index is -2.44. The molecule has 10 atom stereocenters. The van der Waals surface area contributed by atoms with E-state index in [0.29, 0.717) is 11.1 Å². The third-order valence-electron chi connectivity index (χ3n) is 12.0. The van der Waals surface area contributed by atoms with Gasteiger partial charge in [-0.25, -0.2) is 9.59 Å². The normalized spacial score (nSPS) is 24.2. The predicted octanol–water partition coefficient (Wildman–Crippen LogP) is 8.39. The number of Topliss-reactive ketones (excluding diaryl/α,β-unsaturated/α-hetero) is 1. The number of methoxy groups -OCH3 is 1. The molecule has 2 saturated heterocycles. The van der Waals surface area contributed by atoms with Gasteiger partial charge in [0.05, 0.1) is 26.7 Å². The first-order chi connectivity index (χ1) is 35.6. The van der Waals surface area contributed by atoms with Gasteiger partial charge in [0.1, 0.15) is 49.5 Å². The Morgan fingerprint density at radius 1 is 0.676 bits per heavy atom. The summed E-state index contributed by atoms with van der Waals surface area (Å²) in [5, 5.41) is 12.3. The summed E-state index contributed by atoms with van der Waals surface area (Å²) in [6, 6.07) is 31.2. The summed E-state index contributed by atoms with van der Waals surface area (Å²) < 4.78 is 63.9. The standard InChI is InChI=1S/C51H51Cl3N4O16/c1-28(59)22-23-38(61)70-45-42(67-25-31-16-8-5-9-17-31)43(73-50(63)68-26-36-34-20-12-10-18-32(34)33-19-11-13-21-35(33)36)44(46(62)64-3)72-48(45)71-40-37(27-65-29(2)60)69-47(74-49(55)51(52,53)54)39(57-58-56)41(40)66-24-30-14-6-4-7-15-30/h4-21,36-37,39-45,47-48,55H,22-27H2,1-3H3/t37-,39-,40-,41-,42+,43+,44+,45-,47?,48-/m1/s1. The highest BCUT2D eigenvalue weighted by Crippen LogP contribution is 2.45. The Bertz CT molecular complexity index is 2630. The third-order valence-corrected chi connectivity index (χ3v) is 12.6. The second kappa shape index (κ2) is 25.8. The number of carbonyl (C=O) groups excluding carboxylic acids is 5. The van der Waals surface area contributed by atoms with Gasteiger partial charge in [0.2, 0.25) is 12.2 Å². The summed E-state index contributed by atoms with van der Waals surface area (Å²) in [5.41, 5.74) is 14.9. The number of alkyl halides is 3. The molecule has 2 aliphatic heterocycles. The van der Waals surface area contributed by atoms with Crippen molar-refractivity contribution >= 4 is 70.5 Å². The van der Waals surface area contributed by atoms with Gasteiger partial charge in [-0.05, 0) is 45.8 Å². The fourth-order valence-electron chi connectivity index (χ4n) is 8.63. The molecular formula is C51H51Cl3N4O16. The Kier molecular flexibility index (Phi) is 19.3. The van der Waals surface area contributed by atoms with E-state index in [0.717, 1.165) is 36.3 Å². The van der Waals surface area contributed by atoms with Gasteiger partial charge < -0.3 is 56.9 Å². The molecule has 74 heavy (non-hydrogen) atoms. The molecule has 1 unspecified atom stereocenters.